The minimum Gasteiger partial charge on any atom is -0.0622 e. The van der Waals surface area contributed by atoms with E-state index in [0.29, 0.717) is 0 Å². The highest BCUT2D eigenvalue weighted by molar-refractivity contribution is 5.94. The third kappa shape index (κ3) is 3.50. The Morgan fingerprint density at radius 3 is 1.50 bits per heavy atom. The van der Waals surface area contributed by atoms with Crippen LogP contribution in [0.3, 0.4) is 0 Å². The van der Waals surface area contributed by atoms with Crippen LogP contribution in [0.15, 0.2) is 115 Å². The first kappa shape index (κ1) is 16.1. The van der Waals surface area contributed by atoms with Crippen molar-refractivity contribution in [1.29, 1.82) is 0 Å². The summed E-state index contributed by atoms with van der Waals surface area (Å²) < 4.78 is 0. The van der Waals surface area contributed by atoms with Gasteiger partial charge in [-0.15, -0.1) is 0 Å². The second-order valence-corrected chi connectivity index (χ2v) is 6.24. The molecule has 0 N–H and O–H groups in total. The molecule has 0 aliphatic heterocycles. The van der Waals surface area contributed by atoms with Gasteiger partial charge in [0.05, 0.1) is 0 Å². The number of hydrogen-bond acceptors (Lipinski definition) is 0. The van der Waals surface area contributed by atoms with E-state index < -0.39 is 0 Å². The van der Waals surface area contributed by atoms with Crippen molar-refractivity contribution in [1.82, 2.24) is 0 Å². The first-order chi connectivity index (χ1) is 12.9. The van der Waals surface area contributed by atoms with E-state index in [-0.39, 0.29) is 0 Å². The van der Waals surface area contributed by atoms with E-state index in [4.69, 9.17) is 0 Å². The van der Waals surface area contributed by atoms with E-state index in [2.05, 4.69) is 121 Å². The van der Waals surface area contributed by atoms with Crippen molar-refractivity contribution in [3.8, 4) is 11.1 Å². The van der Waals surface area contributed by atoms with Gasteiger partial charge < -0.3 is 0 Å². The third-order valence-corrected chi connectivity index (χ3v) is 4.52. The number of rotatable bonds is 4. The lowest BCUT2D eigenvalue weighted by Crippen LogP contribution is -1.89. The quantitative estimate of drug-likeness (QED) is 0.355. The smallest absolute Gasteiger partial charge is 0.0105 e. The monoisotopic (exact) mass is 332 g/mol. The molecule has 0 nitrogen and oxygen atoms in total. The van der Waals surface area contributed by atoms with Gasteiger partial charge in [-0.3, -0.25) is 0 Å². The van der Waals surface area contributed by atoms with E-state index in [1.807, 2.05) is 0 Å². The van der Waals surface area contributed by atoms with Crippen molar-refractivity contribution in [2.24, 2.45) is 0 Å². The van der Waals surface area contributed by atoms with Gasteiger partial charge in [0, 0.05) is 0 Å². The van der Waals surface area contributed by atoms with Gasteiger partial charge in [-0.1, -0.05) is 115 Å². The lowest BCUT2D eigenvalue weighted by molar-refractivity contribution is 1.54. The first-order valence-corrected chi connectivity index (χ1v) is 8.89. The van der Waals surface area contributed by atoms with Crippen LogP contribution in [0.4, 0.5) is 0 Å². The Labute approximate surface area is 155 Å². The zero-order valence-corrected chi connectivity index (χ0v) is 14.5. The SMILES string of the molecule is C(=C(c1ccccc1)c1ccccc1)c1ccccc1-c1ccccc1. The highest BCUT2D eigenvalue weighted by Crippen LogP contribution is 2.30. The molecular formula is C26H20. The lowest BCUT2D eigenvalue weighted by Gasteiger charge is -2.12. The van der Waals surface area contributed by atoms with Gasteiger partial charge in [-0.25, -0.2) is 0 Å². The summed E-state index contributed by atoms with van der Waals surface area (Å²) in [5.41, 5.74) is 7.39. The standard InChI is InChI=1S/C26H20/c1-4-12-21(13-5-1)25-19-11-10-18-24(25)20-26(22-14-6-2-7-15-22)23-16-8-3-9-17-23/h1-20H. The Kier molecular flexibility index (Phi) is 4.75. The molecule has 0 fully saturated rings. The van der Waals surface area contributed by atoms with E-state index in [1.54, 1.807) is 0 Å². The molecule has 0 amide bonds. The van der Waals surface area contributed by atoms with Crippen LogP contribution in [0, 0.1) is 0 Å². The van der Waals surface area contributed by atoms with Gasteiger partial charge in [0.1, 0.15) is 0 Å². The van der Waals surface area contributed by atoms with Crippen LogP contribution in [0.25, 0.3) is 22.8 Å². The average molecular weight is 332 g/mol. The molecule has 0 saturated heterocycles. The number of benzene rings is 4. The second kappa shape index (κ2) is 7.67. The maximum atomic E-state index is 2.30. The van der Waals surface area contributed by atoms with E-state index in [0.717, 1.165) is 0 Å². The van der Waals surface area contributed by atoms with Crippen molar-refractivity contribution < 1.29 is 0 Å². The normalized spacial score (nSPS) is 10.3. The van der Waals surface area contributed by atoms with Crippen LogP contribution in [-0.4, -0.2) is 0 Å². The molecular weight excluding hydrogens is 312 g/mol. The molecule has 0 heterocycles. The molecule has 0 radical (unpaired) electrons. The van der Waals surface area contributed by atoms with Crippen LogP contribution in [0.5, 0.6) is 0 Å². The summed E-state index contributed by atoms with van der Waals surface area (Å²) in [5.74, 6) is 0. The second-order valence-electron chi connectivity index (χ2n) is 6.24. The molecule has 0 aromatic heterocycles. The molecule has 0 aliphatic rings. The summed E-state index contributed by atoms with van der Waals surface area (Å²) in [7, 11) is 0. The Morgan fingerprint density at radius 1 is 0.462 bits per heavy atom. The molecule has 0 unspecified atom stereocenters. The van der Waals surface area contributed by atoms with Gasteiger partial charge in [0.15, 0.2) is 0 Å². The van der Waals surface area contributed by atoms with Gasteiger partial charge in [-0.05, 0) is 39.5 Å². The fourth-order valence-corrected chi connectivity index (χ4v) is 3.23. The van der Waals surface area contributed by atoms with Crippen molar-refractivity contribution in [3.05, 3.63) is 132 Å². The maximum absolute atomic E-state index is 2.30. The minimum absolute atomic E-state index is 1.22. The van der Waals surface area contributed by atoms with Gasteiger partial charge in [0.25, 0.3) is 0 Å². The Balaban J connectivity index is 1.89. The minimum atomic E-state index is 1.22. The molecule has 0 heteroatoms. The summed E-state index contributed by atoms with van der Waals surface area (Å²) in [4.78, 5) is 0. The summed E-state index contributed by atoms with van der Waals surface area (Å²) >= 11 is 0. The van der Waals surface area contributed by atoms with Gasteiger partial charge in [-0.2, -0.15) is 0 Å². The topological polar surface area (TPSA) is 0 Å². The summed E-state index contributed by atoms with van der Waals surface area (Å²) in [5, 5.41) is 0. The van der Waals surface area contributed by atoms with Crippen molar-refractivity contribution in [2.75, 3.05) is 0 Å². The van der Waals surface area contributed by atoms with E-state index in [9.17, 15) is 0 Å². The molecule has 26 heavy (non-hydrogen) atoms. The number of hydrogen-bond donors (Lipinski definition) is 0. The van der Waals surface area contributed by atoms with Crippen LogP contribution < -0.4 is 0 Å². The lowest BCUT2D eigenvalue weighted by atomic mass is 9.92. The average Bonchev–Trinajstić information content (AvgIpc) is 2.74. The van der Waals surface area contributed by atoms with Gasteiger partial charge >= 0.3 is 0 Å². The van der Waals surface area contributed by atoms with Crippen LogP contribution >= 0.6 is 0 Å². The maximum Gasteiger partial charge on any atom is -0.0105 e. The predicted molar refractivity (Wildman–Crippen MR) is 112 cm³/mol. The highest BCUT2D eigenvalue weighted by atomic mass is 14.1. The largest absolute Gasteiger partial charge is 0.0622 e. The van der Waals surface area contributed by atoms with E-state index in [1.165, 1.54) is 33.4 Å². The fraction of sp³-hybridized carbons (Fsp3) is 0. The molecule has 0 spiro atoms. The molecule has 4 rings (SSSR count). The Morgan fingerprint density at radius 2 is 0.923 bits per heavy atom. The zero-order valence-electron chi connectivity index (χ0n) is 14.5. The van der Waals surface area contributed by atoms with Crippen LogP contribution in [0.2, 0.25) is 0 Å². The molecule has 4 aromatic rings. The zero-order chi connectivity index (χ0) is 17.6. The van der Waals surface area contributed by atoms with Crippen LogP contribution in [-0.2, 0) is 0 Å². The van der Waals surface area contributed by atoms with Gasteiger partial charge in [0.2, 0.25) is 0 Å². The van der Waals surface area contributed by atoms with Crippen LogP contribution in [0.1, 0.15) is 16.7 Å². The Bertz CT molecular complexity index is 956. The molecule has 0 aliphatic carbocycles. The summed E-state index contributed by atoms with van der Waals surface area (Å²) in [6, 6.07) is 40.3. The predicted octanol–water partition coefficient (Wildman–Crippen LogP) is 6.94. The van der Waals surface area contributed by atoms with E-state index >= 15 is 0 Å². The molecule has 0 bridgehead atoms. The highest BCUT2D eigenvalue weighted by Gasteiger charge is 2.08. The molecule has 124 valence electrons. The first-order valence-electron chi connectivity index (χ1n) is 8.89. The van der Waals surface area contributed by atoms with Crippen molar-refractivity contribution in [2.45, 2.75) is 0 Å². The third-order valence-electron chi connectivity index (χ3n) is 4.52. The molecule has 0 atom stereocenters. The Hall–Kier alpha value is -3.38. The summed E-state index contributed by atoms with van der Waals surface area (Å²) in [6.07, 6.45) is 2.30. The summed E-state index contributed by atoms with van der Waals surface area (Å²) in [6.45, 7) is 0. The molecule has 0 saturated carbocycles. The van der Waals surface area contributed by atoms with Crippen molar-refractivity contribution >= 4 is 11.6 Å². The fourth-order valence-electron chi connectivity index (χ4n) is 3.23. The van der Waals surface area contributed by atoms with Crippen molar-refractivity contribution in [3.63, 3.8) is 0 Å². The molecule has 4 aromatic carbocycles.